The largest absolute Gasteiger partial charge is 0.443 e. The van der Waals surface area contributed by atoms with Crippen LogP contribution in [0.5, 0.6) is 0 Å². The number of fused-ring (bicyclic) bond motifs is 1. The van der Waals surface area contributed by atoms with Crippen LogP contribution in [0.3, 0.4) is 0 Å². The summed E-state index contributed by atoms with van der Waals surface area (Å²) < 4.78 is 16.4. The van der Waals surface area contributed by atoms with Gasteiger partial charge in [-0.05, 0) is 80.5 Å². The third kappa shape index (κ3) is 6.94. The summed E-state index contributed by atoms with van der Waals surface area (Å²) in [7, 11) is 0. The van der Waals surface area contributed by atoms with Gasteiger partial charge in [-0.3, -0.25) is 4.79 Å². The highest BCUT2D eigenvalue weighted by atomic mass is 35.5. The molecule has 0 spiro atoms. The number of anilines is 1. The SMILES string of the molecule is C=CC[C@]1(N(NC(=O)OC(C)(C)C)C(=O)OC(C)(C)C)C(=O)N(C(=O)OC(C)(C)C)c2ccc(Cl)cc21. The highest BCUT2D eigenvalue weighted by Crippen LogP contribution is 2.48. The van der Waals surface area contributed by atoms with Gasteiger partial charge in [-0.2, -0.15) is 5.01 Å². The second-order valence-electron chi connectivity index (χ2n) is 11.6. The van der Waals surface area contributed by atoms with Gasteiger partial charge in [0.05, 0.1) is 5.69 Å². The van der Waals surface area contributed by atoms with Crippen molar-refractivity contribution in [1.82, 2.24) is 10.4 Å². The molecule has 1 aliphatic rings. The van der Waals surface area contributed by atoms with Gasteiger partial charge in [0.25, 0.3) is 5.91 Å². The zero-order valence-corrected chi connectivity index (χ0v) is 23.6. The molecule has 4 amide bonds. The lowest BCUT2D eigenvalue weighted by Crippen LogP contribution is -2.63. The van der Waals surface area contributed by atoms with Crippen LogP contribution < -0.4 is 10.3 Å². The molecule has 204 valence electrons. The second-order valence-corrected chi connectivity index (χ2v) is 12.0. The van der Waals surface area contributed by atoms with Gasteiger partial charge in [-0.15, -0.1) is 6.58 Å². The van der Waals surface area contributed by atoms with E-state index < -0.39 is 46.5 Å². The second kappa shape index (κ2) is 10.2. The Bertz CT molecular complexity index is 1100. The number of carbonyl (C=O) groups is 4. The zero-order valence-electron chi connectivity index (χ0n) is 22.9. The molecule has 0 radical (unpaired) electrons. The number of imide groups is 1. The maximum absolute atomic E-state index is 14.2. The van der Waals surface area contributed by atoms with Gasteiger partial charge in [0.2, 0.25) is 0 Å². The Labute approximate surface area is 222 Å². The molecule has 1 aromatic rings. The van der Waals surface area contributed by atoms with E-state index in [0.29, 0.717) is 0 Å². The molecule has 1 aliphatic heterocycles. The van der Waals surface area contributed by atoms with Crippen molar-refractivity contribution in [1.29, 1.82) is 0 Å². The van der Waals surface area contributed by atoms with Crippen LogP contribution in [-0.2, 0) is 24.5 Å². The summed E-state index contributed by atoms with van der Waals surface area (Å²) in [5, 5.41) is 0.961. The van der Waals surface area contributed by atoms with Gasteiger partial charge in [0, 0.05) is 17.0 Å². The quantitative estimate of drug-likeness (QED) is 0.282. The Morgan fingerprint density at radius 2 is 1.54 bits per heavy atom. The molecule has 0 fully saturated rings. The number of nitrogens with zero attached hydrogens (tertiary/aromatic N) is 2. The van der Waals surface area contributed by atoms with Crippen molar-refractivity contribution in [2.75, 3.05) is 4.90 Å². The number of ether oxygens (including phenoxy) is 3. The average Bonchev–Trinajstić information content (AvgIpc) is 2.91. The minimum absolute atomic E-state index is 0.130. The van der Waals surface area contributed by atoms with Crippen molar-refractivity contribution in [3.63, 3.8) is 0 Å². The lowest BCUT2D eigenvalue weighted by molar-refractivity contribution is -0.132. The number of rotatable bonds is 3. The number of hydrogen-bond donors (Lipinski definition) is 1. The van der Waals surface area contributed by atoms with Gasteiger partial charge in [-0.1, -0.05) is 17.7 Å². The van der Waals surface area contributed by atoms with Gasteiger partial charge in [-0.25, -0.2) is 24.7 Å². The Hall–Kier alpha value is -3.27. The Morgan fingerprint density at radius 1 is 1.00 bits per heavy atom. The Balaban J connectivity index is 2.80. The van der Waals surface area contributed by atoms with E-state index in [-0.39, 0.29) is 22.7 Å². The van der Waals surface area contributed by atoms with Gasteiger partial charge in [0.15, 0.2) is 5.54 Å². The number of hydrazine groups is 1. The summed E-state index contributed by atoms with van der Waals surface area (Å²) >= 11 is 6.30. The minimum atomic E-state index is -2.00. The average molecular weight is 538 g/mol. The minimum Gasteiger partial charge on any atom is -0.443 e. The van der Waals surface area contributed by atoms with Crippen LogP contribution in [0.2, 0.25) is 5.02 Å². The van der Waals surface area contributed by atoms with Crippen LogP contribution in [0.1, 0.15) is 74.3 Å². The normalized spacial score (nSPS) is 17.6. The van der Waals surface area contributed by atoms with Crippen molar-refractivity contribution in [2.24, 2.45) is 0 Å². The smallest absolute Gasteiger partial charge is 0.430 e. The van der Waals surface area contributed by atoms with Crippen LogP contribution in [-0.4, -0.2) is 46.0 Å². The van der Waals surface area contributed by atoms with Crippen LogP contribution >= 0.6 is 11.6 Å². The molecule has 37 heavy (non-hydrogen) atoms. The molecule has 1 aromatic carbocycles. The number of amides is 4. The summed E-state index contributed by atoms with van der Waals surface area (Å²) in [5.41, 5.74) is -2.18. The predicted octanol–water partition coefficient (Wildman–Crippen LogP) is 6.07. The molecule has 0 aromatic heterocycles. The van der Waals surface area contributed by atoms with E-state index in [1.165, 1.54) is 24.3 Å². The lowest BCUT2D eigenvalue weighted by atomic mass is 9.87. The van der Waals surface area contributed by atoms with Crippen molar-refractivity contribution in [3.05, 3.63) is 41.4 Å². The summed E-state index contributed by atoms with van der Waals surface area (Å²) in [6.45, 7) is 18.5. The van der Waals surface area contributed by atoms with E-state index in [1.807, 2.05) is 0 Å². The van der Waals surface area contributed by atoms with Crippen molar-refractivity contribution in [3.8, 4) is 0 Å². The van der Waals surface area contributed by atoms with Crippen LogP contribution in [0.25, 0.3) is 0 Å². The number of carbonyl (C=O) groups excluding carboxylic acids is 4. The molecule has 10 nitrogen and oxygen atoms in total. The van der Waals surface area contributed by atoms with Crippen molar-refractivity contribution < 1.29 is 33.4 Å². The summed E-state index contributed by atoms with van der Waals surface area (Å²) in [4.78, 5) is 54.6. The van der Waals surface area contributed by atoms with E-state index in [1.54, 1.807) is 62.3 Å². The highest BCUT2D eigenvalue weighted by Gasteiger charge is 2.60. The number of halogens is 1. The molecule has 1 N–H and O–H groups in total. The van der Waals surface area contributed by atoms with Crippen LogP contribution in [0, 0.1) is 0 Å². The first kappa shape index (κ1) is 30.0. The monoisotopic (exact) mass is 537 g/mol. The third-order valence-electron chi connectivity index (χ3n) is 4.78. The van der Waals surface area contributed by atoms with E-state index in [2.05, 4.69) is 12.0 Å². The van der Waals surface area contributed by atoms with Gasteiger partial charge >= 0.3 is 18.3 Å². The molecular formula is C26H36ClN3O7. The van der Waals surface area contributed by atoms with E-state index >= 15 is 0 Å². The highest BCUT2D eigenvalue weighted by molar-refractivity contribution is 6.31. The number of hydrogen-bond acceptors (Lipinski definition) is 7. The predicted molar refractivity (Wildman–Crippen MR) is 139 cm³/mol. The fourth-order valence-corrected chi connectivity index (χ4v) is 3.82. The topological polar surface area (TPSA) is 114 Å². The molecule has 0 bridgehead atoms. The first-order chi connectivity index (χ1) is 16.7. The van der Waals surface area contributed by atoms with Crippen LogP contribution in [0.15, 0.2) is 30.9 Å². The molecule has 0 saturated heterocycles. The molecule has 0 unspecified atom stereocenters. The molecule has 1 heterocycles. The van der Waals surface area contributed by atoms with Gasteiger partial charge < -0.3 is 14.2 Å². The number of nitrogens with one attached hydrogen (secondary N) is 1. The van der Waals surface area contributed by atoms with Crippen molar-refractivity contribution in [2.45, 2.75) is 91.1 Å². The van der Waals surface area contributed by atoms with Gasteiger partial charge in [0.1, 0.15) is 16.8 Å². The molecule has 1 atom stereocenters. The fraction of sp³-hybridized carbons (Fsp3) is 0.538. The lowest BCUT2D eigenvalue weighted by Gasteiger charge is -2.39. The Kier molecular flexibility index (Phi) is 8.29. The van der Waals surface area contributed by atoms with Crippen LogP contribution in [0.4, 0.5) is 20.1 Å². The van der Waals surface area contributed by atoms with E-state index in [0.717, 1.165) is 9.91 Å². The van der Waals surface area contributed by atoms with E-state index in [9.17, 15) is 19.2 Å². The molecule has 2 rings (SSSR count). The fourth-order valence-electron chi connectivity index (χ4n) is 3.64. The number of benzene rings is 1. The Morgan fingerprint density at radius 3 is 2.03 bits per heavy atom. The molecule has 0 saturated carbocycles. The molecular weight excluding hydrogens is 502 g/mol. The summed E-state index contributed by atoms with van der Waals surface area (Å²) in [6, 6.07) is 4.40. The summed E-state index contributed by atoms with van der Waals surface area (Å²) in [6.07, 6.45) is -1.88. The van der Waals surface area contributed by atoms with E-state index in [4.69, 9.17) is 25.8 Å². The third-order valence-corrected chi connectivity index (χ3v) is 5.01. The molecule has 11 heteroatoms. The maximum Gasteiger partial charge on any atom is 0.430 e. The maximum atomic E-state index is 14.2. The first-order valence-corrected chi connectivity index (χ1v) is 12.1. The standard InChI is InChI=1S/C26H36ClN3O7/c1-11-14-26(30(22(34)37-25(8,9)10)28-20(32)35-23(2,3)4)17-15-16(27)12-13-18(17)29(19(26)31)21(33)36-24(5,6)7/h11-13,15H,1,14H2,2-10H3,(H,28,32)/t26-/m1/s1. The zero-order chi connectivity index (χ0) is 28.6. The van der Waals surface area contributed by atoms with Crippen molar-refractivity contribution >= 4 is 41.5 Å². The molecule has 0 aliphatic carbocycles. The summed E-state index contributed by atoms with van der Waals surface area (Å²) in [5.74, 6) is -0.874. The first-order valence-electron chi connectivity index (χ1n) is 11.7.